The van der Waals surface area contributed by atoms with E-state index in [9.17, 15) is 9.18 Å². The van der Waals surface area contributed by atoms with E-state index >= 15 is 0 Å². The number of anilines is 1. The summed E-state index contributed by atoms with van der Waals surface area (Å²) in [5, 5.41) is 10.4. The normalized spacial score (nSPS) is 10.7. The van der Waals surface area contributed by atoms with Crippen LogP contribution < -0.4 is 5.32 Å². The molecule has 3 rings (SSSR count). The van der Waals surface area contributed by atoms with Gasteiger partial charge >= 0.3 is 0 Å². The van der Waals surface area contributed by atoms with Gasteiger partial charge < -0.3 is 5.32 Å². The number of hydrogen-bond acceptors (Lipinski definition) is 3. The lowest BCUT2D eigenvalue weighted by Gasteiger charge is -2.05. The standard InChI is InChI=1S/C14H11FN4O/c15-11-3-1-10(2-4-11)7-14(20)17-12-5-6-13-18-16-9-19(13)8-12/h1-6,8-9H,7H2,(H,17,20). The van der Waals surface area contributed by atoms with Crippen molar-refractivity contribution in [1.82, 2.24) is 14.6 Å². The molecule has 0 saturated carbocycles. The third-order valence-corrected chi connectivity index (χ3v) is 2.85. The SMILES string of the molecule is O=C(Cc1ccc(F)cc1)Nc1ccc2nncn2c1. The van der Waals surface area contributed by atoms with Crippen molar-refractivity contribution in [1.29, 1.82) is 0 Å². The quantitative estimate of drug-likeness (QED) is 0.792. The summed E-state index contributed by atoms with van der Waals surface area (Å²) >= 11 is 0. The number of fused-ring (bicyclic) bond motifs is 1. The highest BCUT2D eigenvalue weighted by Gasteiger charge is 2.05. The summed E-state index contributed by atoms with van der Waals surface area (Å²) < 4.78 is 14.5. The number of nitrogens with one attached hydrogen (secondary N) is 1. The number of aromatic nitrogens is 3. The lowest BCUT2D eigenvalue weighted by atomic mass is 10.1. The van der Waals surface area contributed by atoms with Gasteiger partial charge in [0.2, 0.25) is 5.91 Å². The summed E-state index contributed by atoms with van der Waals surface area (Å²) in [6.45, 7) is 0. The molecule has 0 atom stereocenters. The van der Waals surface area contributed by atoms with Crippen LogP contribution in [0.4, 0.5) is 10.1 Å². The van der Waals surface area contributed by atoms with Crippen molar-refractivity contribution in [2.45, 2.75) is 6.42 Å². The molecule has 0 aliphatic carbocycles. The topological polar surface area (TPSA) is 59.3 Å². The Labute approximate surface area is 114 Å². The number of carbonyl (C=O) groups is 1. The van der Waals surface area contributed by atoms with Crippen molar-refractivity contribution < 1.29 is 9.18 Å². The van der Waals surface area contributed by atoms with Crippen LogP contribution in [-0.4, -0.2) is 20.5 Å². The van der Waals surface area contributed by atoms with Gasteiger partial charge in [0, 0.05) is 6.20 Å². The van der Waals surface area contributed by atoms with Crippen LogP contribution in [0.15, 0.2) is 48.9 Å². The molecule has 0 aliphatic rings. The molecule has 20 heavy (non-hydrogen) atoms. The van der Waals surface area contributed by atoms with Crippen LogP contribution in [-0.2, 0) is 11.2 Å². The van der Waals surface area contributed by atoms with E-state index in [0.29, 0.717) is 11.3 Å². The second-order valence-corrected chi connectivity index (χ2v) is 4.37. The van der Waals surface area contributed by atoms with Gasteiger partial charge in [-0.25, -0.2) is 4.39 Å². The zero-order chi connectivity index (χ0) is 13.9. The average Bonchev–Trinajstić information content (AvgIpc) is 2.89. The molecule has 0 saturated heterocycles. The lowest BCUT2D eigenvalue weighted by Crippen LogP contribution is -2.14. The minimum atomic E-state index is -0.313. The molecule has 1 aromatic carbocycles. The first-order valence-electron chi connectivity index (χ1n) is 6.04. The van der Waals surface area contributed by atoms with E-state index in [2.05, 4.69) is 15.5 Å². The van der Waals surface area contributed by atoms with Gasteiger partial charge in [-0.15, -0.1) is 10.2 Å². The van der Waals surface area contributed by atoms with Crippen LogP contribution in [0, 0.1) is 5.82 Å². The highest BCUT2D eigenvalue weighted by Crippen LogP contribution is 2.10. The van der Waals surface area contributed by atoms with E-state index in [1.165, 1.54) is 12.1 Å². The summed E-state index contributed by atoms with van der Waals surface area (Å²) in [6.07, 6.45) is 3.49. The molecule has 6 heteroatoms. The Morgan fingerprint density at radius 1 is 1.20 bits per heavy atom. The van der Waals surface area contributed by atoms with Crippen LogP contribution in [0.5, 0.6) is 0 Å². The Morgan fingerprint density at radius 2 is 2.00 bits per heavy atom. The zero-order valence-corrected chi connectivity index (χ0v) is 10.5. The summed E-state index contributed by atoms with van der Waals surface area (Å²) in [4.78, 5) is 11.9. The largest absolute Gasteiger partial charge is 0.324 e. The van der Waals surface area contributed by atoms with Gasteiger partial charge in [0.25, 0.3) is 0 Å². The molecule has 0 spiro atoms. The van der Waals surface area contributed by atoms with E-state index in [4.69, 9.17) is 0 Å². The predicted octanol–water partition coefficient (Wildman–Crippen LogP) is 2.05. The minimum Gasteiger partial charge on any atom is -0.324 e. The van der Waals surface area contributed by atoms with Gasteiger partial charge in [0.1, 0.15) is 12.1 Å². The Morgan fingerprint density at radius 3 is 2.80 bits per heavy atom. The molecule has 0 bridgehead atoms. The first kappa shape index (κ1) is 12.3. The molecule has 0 fully saturated rings. The number of rotatable bonds is 3. The van der Waals surface area contributed by atoms with Gasteiger partial charge in [-0.05, 0) is 29.8 Å². The Kier molecular flexibility index (Phi) is 3.12. The average molecular weight is 270 g/mol. The maximum Gasteiger partial charge on any atom is 0.228 e. The van der Waals surface area contributed by atoms with Crippen molar-refractivity contribution in [2.75, 3.05) is 5.32 Å². The highest BCUT2D eigenvalue weighted by atomic mass is 19.1. The van der Waals surface area contributed by atoms with Crippen LogP contribution in [0.3, 0.4) is 0 Å². The third-order valence-electron chi connectivity index (χ3n) is 2.85. The second-order valence-electron chi connectivity index (χ2n) is 4.37. The molecule has 3 aromatic rings. The number of hydrogen-bond donors (Lipinski definition) is 1. The summed E-state index contributed by atoms with van der Waals surface area (Å²) in [5.41, 5.74) is 2.13. The van der Waals surface area contributed by atoms with E-state index in [-0.39, 0.29) is 18.1 Å². The maximum absolute atomic E-state index is 12.8. The zero-order valence-electron chi connectivity index (χ0n) is 10.5. The molecular weight excluding hydrogens is 259 g/mol. The Hall–Kier alpha value is -2.76. The fourth-order valence-corrected chi connectivity index (χ4v) is 1.89. The van der Waals surface area contributed by atoms with E-state index < -0.39 is 0 Å². The molecule has 2 aromatic heterocycles. The van der Waals surface area contributed by atoms with Crippen molar-refractivity contribution in [3.63, 3.8) is 0 Å². The summed E-state index contributed by atoms with van der Waals surface area (Å²) in [6, 6.07) is 9.39. The number of carbonyl (C=O) groups excluding carboxylic acids is 1. The Bertz CT molecular complexity index is 751. The molecule has 0 radical (unpaired) electrons. The predicted molar refractivity (Wildman–Crippen MR) is 71.7 cm³/mol. The second kappa shape index (κ2) is 5.08. The van der Waals surface area contributed by atoms with Gasteiger partial charge in [-0.1, -0.05) is 12.1 Å². The smallest absolute Gasteiger partial charge is 0.228 e. The summed E-state index contributed by atoms with van der Waals surface area (Å²) in [5.74, 6) is -0.476. The molecule has 100 valence electrons. The number of halogens is 1. The molecule has 0 unspecified atom stereocenters. The first-order valence-corrected chi connectivity index (χ1v) is 6.04. The molecule has 2 heterocycles. The van der Waals surface area contributed by atoms with E-state index in [1.807, 2.05) is 0 Å². The molecule has 1 amide bonds. The monoisotopic (exact) mass is 270 g/mol. The van der Waals surface area contributed by atoms with Gasteiger partial charge in [-0.2, -0.15) is 0 Å². The van der Waals surface area contributed by atoms with Gasteiger partial charge in [0.05, 0.1) is 12.1 Å². The van der Waals surface area contributed by atoms with Crippen molar-refractivity contribution >= 4 is 17.2 Å². The van der Waals surface area contributed by atoms with Crippen LogP contribution in [0.2, 0.25) is 0 Å². The molecule has 0 aliphatic heterocycles. The highest BCUT2D eigenvalue weighted by molar-refractivity contribution is 5.92. The van der Waals surface area contributed by atoms with E-state index in [1.54, 1.807) is 41.2 Å². The third kappa shape index (κ3) is 2.64. The molecule has 5 nitrogen and oxygen atoms in total. The van der Waals surface area contributed by atoms with Crippen LogP contribution in [0.1, 0.15) is 5.56 Å². The first-order chi connectivity index (χ1) is 9.70. The van der Waals surface area contributed by atoms with Crippen molar-refractivity contribution in [3.8, 4) is 0 Å². The lowest BCUT2D eigenvalue weighted by molar-refractivity contribution is -0.115. The Balaban J connectivity index is 1.70. The van der Waals surface area contributed by atoms with Gasteiger partial charge in [0.15, 0.2) is 5.65 Å². The number of benzene rings is 1. The summed E-state index contributed by atoms with van der Waals surface area (Å²) in [7, 11) is 0. The van der Waals surface area contributed by atoms with Crippen LogP contribution in [0.25, 0.3) is 5.65 Å². The fraction of sp³-hybridized carbons (Fsp3) is 0.0714. The van der Waals surface area contributed by atoms with Crippen molar-refractivity contribution in [3.05, 3.63) is 60.3 Å². The van der Waals surface area contributed by atoms with E-state index in [0.717, 1.165) is 5.56 Å². The van der Waals surface area contributed by atoms with Gasteiger partial charge in [-0.3, -0.25) is 9.20 Å². The van der Waals surface area contributed by atoms with Crippen LogP contribution >= 0.6 is 0 Å². The number of nitrogens with zero attached hydrogens (tertiary/aromatic N) is 3. The number of amides is 1. The molecule has 1 N–H and O–H groups in total. The van der Waals surface area contributed by atoms with Crippen molar-refractivity contribution in [2.24, 2.45) is 0 Å². The maximum atomic E-state index is 12.8. The minimum absolute atomic E-state index is 0.163. The number of pyridine rings is 1. The fourth-order valence-electron chi connectivity index (χ4n) is 1.89. The molecular formula is C14H11FN4O.